The number of halogens is 12. The average Bonchev–Trinajstić information content (AvgIpc) is 2.93. The molecule has 196 valence electrons. The summed E-state index contributed by atoms with van der Waals surface area (Å²) >= 11 is 0. The lowest BCUT2D eigenvalue weighted by Gasteiger charge is -2.24. The van der Waals surface area contributed by atoms with Crippen molar-refractivity contribution in [3.05, 3.63) is 0 Å². The van der Waals surface area contributed by atoms with Gasteiger partial charge in [0.05, 0.1) is 0 Å². The minimum atomic E-state index is -5.97. The van der Waals surface area contributed by atoms with Crippen LogP contribution >= 0.6 is 0 Å². The monoisotopic (exact) mass is 534 g/mol. The van der Waals surface area contributed by atoms with Crippen molar-refractivity contribution >= 4 is 23.9 Å². The molecular weight excluding hydrogens is 528 g/mol. The second kappa shape index (κ2) is 9.70. The van der Waals surface area contributed by atoms with Crippen molar-refractivity contribution in [3.63, 3.8) is 0 Å². The van der Waals surface area contributed by atoms with Crippen LogP contribution in [0.3, 0.4) is 0 Å². The summed E-state index contributed by atoms with van der Waals surface area (Å²) in [6, 6.07) is 0. The summed E-state index contributed by atoms with van der Waals surface area (Å²) in [6.07, 6.45) is -35.9. The topological polar surface area (TPSA) is 114 Å². The van der Waals surface area contributed by atoms with Crippen molar-refractivity contribution in [2.75, 3.05) is 6.61 Å². The van der Waals surface area contributed by atoms with E-state index in [1.54, 1.807) is 0 Å². The van der Waals surface area contributed by atoms with Gasteiger partial charge in [0.25, 0.3) is 0 Å². The Morgan fingerprint density at radius 1 is 0.559 bits per heavy atom. The number of ether oxygens (including phenoxy) is 5. The van der Waals surface area contributed by atoms with E-state index in [-0.39, 0.29) is 0 Å². The van der Waals surface area contributed by atoms with Gasteiger partial charge in [0.2, 0.25) is 12.4 Å². The van der Waals surface area contributed by atoms with Crippen LogP contribution < -0.4 is 0 Å². The van der Waals surface area contributed by atoms with E-state index in [0.29, 0.717) is 0 Å². The van der Waals surface area contributed by atoms with Gasteiger partial charge in [0.15, 0.2) is 6.10 Å². The third-order valence-corrected chi connectivity index (χ3v) is 3.28. The number of carbonyl (C=O) groups is 4. The van der Waals surface area contributed by atoms with Gasteiger partial charge in [-0.15, -0.1) is 0 Å². The highest BCUT2D eigenvalue weighted by molar-refractivity contribution is 5.78. The predicted octanol–water partition coefficient (Wildman–Crippen LogP) is 1.87. The number of hydrogen-bond donors (Lipinski definition) is 0. The van der Waals surface area contributed by atoms with Gasteiger partial charge in [-0.3, -0.25) is 0 Å². The Labute approximate surface area is 176 Å². The van der Waals surface area contributed by atoms with Crippen molar-refractivity contribution in [1.82, 2.24) is 0 Å². The minimum Gasteiger partial charge on any atom is -0.456 e. The summed E-state index contributed by atoms with van der Waals surface area (Å²) in [4.78, 5) is 43.7. The highest BCUT2D eigenvalue weighted by Crippen LogP contribution is 2.33. The lowest BCUT2D eigenvalue weighted by atomic mass is 10.1. The third-order valence-electron chi connectivity index (χ3n) is 3.28. The van der Waals surface area contributed by atoms with Gasteiger partial charge < -0.3 is 23.7 Å². The molecule has 9 nitrogen and oxygen atoms in total. The van der Waals surface area contributed by atoms with Crippen molar-refractivity contribution in [2.24, 2.45) is 0 Å². The third kappa shape index (κ3) is 7.80. The fourth-order valence-electron chi connectivity index (χ4n) is 1.98. The first kappa shape index (κ1) is 29.0. The molecule has 1 aliphatic heterocycles. The first-order chi connectivity index (χ1) is 15.0. The number of rotatable bonds is 5. The van der Waals surface area contributed by atoms with Crippen LogP contribution in [0.15, 0.2) is 0 Å². The van der Waals surface area contributed by atoms with E-state index in [4.69, 9.17) is 0 Å². The highest BCUT2D eigenvalue weighted by atomic mass is 19.4. The van der Waals surface area contributed by atoms with E-state index < -0.39 is 79.8 Å². The minimum absolute atomic E-state index is 1.94. The zero-order chi connectivity index (χ0) is 26.9. The molecule has 0 aromatic rings. The summed E-state index contributed by atoms with van der Waals surface area (Å²) in [5.41, 5.74) is 0. The second-order valence-electron chi connectivity index (χ2n) is 5.78. The van der Waals surface area contributed by atoms with Gasteiger partial charge in [-0.1, -0.05) is 0 Å². The maximum atomic E-state index is 12.5. The van der Waals surface area contributed by atoms with Crippen molar-refractivity contribution in [3.8, 4) is 0 Å². The van der Waals surface area contributed by atoms with Crippen LogP contribution in [-0.2, 0) is 42.9 Å². The first-order valence-corrected chi connectivity index (χ1v) is 7.78. The standard InChI is InChI=1S/C13H6F12O9/c14-10(15,16)6(26)30-1-2-3(32-7(27)11(17,18)19)4(33-8(28)12(20,21)22)5(31-2)34-9(29)13(23,24)25/h2-5H,1H2. The van der Waals surface area contributed by atoms with E-state index in [2.05, 4.69) is 23.7 Å². The van der Waals surface area contributed by atoms with Gasteiger partial charge in [-0.05, 0) is 0 Å². The first-order valence-electron chi connectivity index (χ1n) is 7.78. The molecule has 0 bridgehead atoms. The highest BCUT2D eigenvalue weighted by Gasteiger charge is 2.58. The number of hydrogen-bond acceptors (Lipinski definition) is 9. The van der Waals surface area contributed by atoms with E-state index in [0.717, 1.165) is 0 Å². The Morgan fingerprint density at radius 3 is 1.29 bits per heavy atom. The lowest BCUT2D eigenvalue weighted by Crippen LogP contribution is -2.47. The SMILES string of the molecule is O=C(OCC1OC(OC(=O)C(F)(F)F)C(OC(=O)C(F)(F)F)C1OC(=O)C(F)(F)F)C(F)(F)F. The molecule has 0 saturated carbocycles. The molecule has 0 amide bonds. The smallest absolute Gasteiger partial charge is 0.456 e. The van der Waals surface area contributed by atoms with Crippen LogP contribution in [0.1, 0.15) is 0 Å². The molecule has 1 rings (SSSR count). The lowest BCUT2D eigenvalue weighted by molar-refractivity contribution is -0.243. The Bertz CT molecular complexity index is 797. The van der Waals surface area contributed by atoms with Crippen LogP contribution in [-0.4, -0.2) is 79.8 Å². The summed E-state index contributed by atoms with van der Waals surface area (Å²) < 4.78 is 167. The van der Waals surface area contributed by atoms with Gasteiger partial charge in [-0.2, -0.15) is 52.7 Å². The number of alkyl halides is 12. The summed E-state index contributed by atoms with van der Waals surface area (Å²) in [7, 11) is 0. The molecule has 34 heavy (non-hydrogen) atoms. The molecule has 4 atom stereocenters. The summed E-state index contributed by atoms with van der Waals surface area (Å²) in [6.45, 7) is -1.94. The Kier molecular flexibility index (Phi) is 8.28. The Balaban J connectivity index is 3.35. The Morgan fingerprint density at radius 2 is 0.912 bits per heavy atom. The van der Waals surface area contributed by atoms with Crippen molar-refractivity contribution in [1.29, 1.82) is 0 Å². The Hall–Kier alpha value is -3.00. The maximum Gasteiger partial charge on any atom is 0.491 e. The maximum absolute atomic E-state index is 12.5. The fourth-order valence-corrected chi connectivity index (χ4v) is 1.98. The average molecular weight is 534 g/mol. The van der Waals surface area contributed by atoms with Crippen molar-refractivity contribution in [2.45, 2.75) is 49.3 Å². The summed E-state index contributed by atoms with van der Waals surface area (Å²) in [5.74, 6) is -13.0. The molecule has 0 aromatic heterocycles. The summed E-state index contributed by atoms with van der Waals surface area (Å²) in [5, 5.41) is 0. The second-order valence-corrected chi connectivity index (χ2v) is 5.78. The predicted molar refractivity (Wildman–Crippen MR) is 69.7 cm³/mol. The number of carbonyl (C=O) groups excluding carboxylic acids is 4. The van der Waals surface area contributed by atoms with Gasteiger partial charge >= 0.3 is 48.6 Å². The largest absolute Gasteiger partial charge is 0.491 e. The van der Waals surface area contributed by atoms with Gasteiger partial charge in [-0.25, -0.2) is 19.2 Å². The molecule has 1 saturated heterocycles. The molecular formula is C13H6F12O9. The molecule has 4 unspecified atom stereocenters. The van der Waals surface area contributed by atoms with E-state index in [1.165, 1.54) is 0 Å². The van der Waals surface area contributed by atoms with Crippen molar-refractivity contribution < 1.29 is 95.5 Å². The molecule has 0 N–H and O–H groups in total. The molecule has 1 aliphatic rings. The normalized spacial score (nSPS) is 23.8. The van der Waals surface area contributed by atoms with Crippen LogP contribution in [0.2, 0.25) is 0 Å². The van der Waals surface area contributed by atoms with Crippen LogP contribution in [0.25, 0.3) is 0 Å². The van der Waals surface area contributed by atoms with Crippen LogP contribution in [0.5, 0.6) is 0 Å². The quantitative estimate of drug-likeness (QED) is 0.296. The zero-order valence-electron chi connectivity index (χ0n) is 15.2. The van der Waals surface area contributed by atoms with E-state index in [1.807, 2.05) is 0 Å². The molecule has 1 fully saturated rings. The molecule has 21 heteroatoms. The van der Waals surface area contributed by atoms with E-state index >= 15 is 0 Å². The van der Waals surface area contributed by atoms with Gasteiger partial charge in [0, 0.05) is 0 Å². The van der Waals surface area contributed by atoms with E-state index in [9.17, 15) is 71.9 Å². The fraction of sp³-hybridized carbons (Fsp3) is 0.692. The molecule has 0 radical (unpaired) electrons. The van der Waals surface area contributed by atoms with Gasteiger partial charge in [0.1, 0.15) is 12.7 Å². The number of esters is 4. The van der Waals surface area contributed by atoms with Crippen LogP contribution in [0, 0.1) is 0 Å². The zero-order valence-corrected chi connectivity index (χ0v) is 15.2. The molecule has 0 spiro atoms. The molecule has 0 aliphatic carbocycles. The molecule has 1 heterocycles. The molecule has 0 aromatic carbocycles. The van der Waals surface area contributed by atoms with Crippen LogP contribution in [0.4, 0.5) is 52.7 Å².